The Kier molecular flexibility index (Phi) is 4.60. The third kappa shape index (κ3) is 3.36. The lowest BCUT2D eigenvalue weighted by Gasteiger charge is -2.11. The Labute approximate surface area is 142 Å². The minimum atomic E-state index is -0.322. The van der Waals surface area contributed by atoms with Crippen LogP contribution in [0.3, 0.4) is 0 Å². The Morgan fingerprint density at radius 2 is 1.83 bits per heavy atom. The van der Waals surface area contributed by atoms with Crippen LogP contribution in [0.15, 0.2) is 64.5 Å². The number of fused-ring (bicyclic) bond motifs is 1. The van der Waals surface area contributed by atoms with Gasteiger partial charge < -0.3 is 5.32 Å². The molecule has 5 nitrogen and oxygen atoms in total. The first-order valence-electron chi connectivity index (χ1n) is 6.82. The molecule has 2 aromatic carbocycles. The first-order chi connectivity index (χ1) is 11.2. The van der Waals surface area contributed by atoms with Crippen LogP contribution in [0.5, 0.6) is 0 Å². The Bertz CT molecular complexity index is 922. The minimum Gasteiger partial charge on any atom is -0.324 e. The first-order valence-corrected chi connectivity index (χ1v) is 7.73. The molecule has 3 aromatic rings. The van der Waals surface area contributed by atoms with Gasteiger partial charge in [0.15, 0.2) is 0 Å². The fourth-order valence-electron chi connectivity index (χ4n) is 2.08. The van der Waals surface area contributed by atoms with Gasteiger partial charge in [-0.1, -0.05) is 41.9 Å². The lowest BCUT2D eigenvalue weighted by Crippen LogP contribution is -2.22. The Morgan fingerprint density at radius 3 is 2.57 bits per heavy atom. The molecule has 0 radical (unpaired) electrons. The molecule has 0 bridgehead atoms. The van der Waals surface area contributed by atoms with E-state index in [1.54, 1.807) is 18.2 Å². The van der Waals surface area contributed by atoms with Crippen molar-refractivity contribution in [3.8, 4) is 0 Å². The number of halogens is 2. The number of nitrogens with zero attached hydrogens (tertiary/aromatic N) is 3. The van der Waals surface area contributed by atoms with E-state index in [9.17, 15) is 4.79 Å². The summed E-state index contributed by atoms with van der Waals surface area (Å²) in [6.45, 7) is 0. The summed E-state index contributed by atoms with van der Waals surface area (Å²) in [6, 6.07) is 16.4. The average Bonchev–Trinajstić information content (AvgIpc) is 2.59. The van der Waals surface area contributed by atoms with Gasteiger partial charge in [0.1, 0.15) is 5.17 Å². The van der Waals surface area contributed by atoms with Gasteiger partial charge in [0.05, 0.1) is 16.8 Å². The fraction of sp³-hybridized carbons (Fsp3) is 0.0625. The van der Waals surface area contributed by atoms with Crippen molar-refractivity contribution in [2.75, 3.05) is 11.2 Å². The molecule has 0 aliphatic carbocycles. The summed E-state index contributed by atoms with van der Waals surface area (Å²) in [5.74, 6) is 0.272. The van der Waals surface area contributed by atoms with E-state index < -0.39 is 0 Å². The van der Waals surface area contributed by atoms with Crippen molar-refractivity contribution in [2.45, 2.75) is 0 Å². The van der Waals surface area contributed by atoms with Crippen LogP contribution in [-0.2, 0) is 0 Å². The van der Waals surface area contributed by atoms with Crippen LogP contribution in [0.2, 0.25) is 0 Å². The van der Waals surface area contributed by atoms with Crippen LogP contribution in [-0.4, -0.2) is 20.7 Å². The molecule has 0 fully saturated rings. The van der Waals surface area contributed by atoms with Crippen LogP contribution < -0.4 is 10.9 Å². The molecule has 7 heteroatoms. The van der Waals surface area contributed by atoms with Crippen molar-refractivity contribution < 1.29 is 0 Å². The molecule has 0 amide bonds. The molecule has 116 valence electrons. The summed E-state index contributed by atoms with van der Waals surface area (Å²) in [6.07, 6.45) is 0. The van der Waals surface area contributed by atoms with Gasteiger partial charge in [-0.05, 0) is 24.3 Å². The average molecular weight is 347 g/mol. The maximum Gasteiger partial charge on any atom is 0.283 e. The van der Waals surface area contributed by atoms with Gasteiger partial charge >= 0.3 is 0 Å². The number of rotatable bonds is 4. The van der Waals surface area contributed by atoms with Crippen LogP contribution in [0.1, 0.15) is 0 Å². The van der Waals surface area contributed by atoms with Crippen molar-refractivity contribution in [1.29, 1.82) is 0 Å². The summed E-state index contributed by atoms with van der Waals surface area (Å²) in [5.41, 5.74) is 1.03. The SMILES string of the molecule is O=c1c2ccccc2nc(Nc2ccccc2)n1/N=C(\Cl)CCl. The van der Waals surface area contributed by atoms with Gasteiger partial charge in [-0.3, -0.25) is 4.79 Å². The molecule has 0 saturated carbocycles. The van der Waals surface area contributed by atoms with Crippen LogP contribution in [0.4, 0.5) is 11.6 Å². The second kappa shape index (κ2) is 6.81. The predicted octanol–water partition coefficient (Wildman–Crippen LogP) is 3.78. The molecular formula is C16H12Cl2N4O. The van der Waals surface area contributed by atoms with E-state index in [0.29, 0.717) is 10.9 Å². The zero-order valence-corrected chi connectivity index (χ0v) is 13.4. The van der Waals surface area contributed by atoms with E-state index in [2.05, 4.69) is 15.4 Å². The molecule has 0 unspecified atom stereocenters. The molecule has 3 rings (SSSR count). The Balaban J connectivity index is 2.21. The molecule has 0 atom stereocenters. The fourth-order valence-corrected chi connectivity index (χ4v) is 2.21. The minimum absolute atomic E-state index is 0.00555. The lowest BCUT2D eigenvalue weighted by atomic mass is 10.2. The lowest BCUT2D eigenvalue weighted by molar-refractivity contribution is 0.828. The molecule has 0 saturated heterocycles. The molecule has 0 aliphatic rings. The van der Waals surface area contributed by atoms with Crippen molar-refractivity contribution in [2.24, 2.45) is 5.10 Å². The number of alkyl halides is 1. The summed E-state index contributed by atoms with van der Waals surface area (Å²) in [5, 5.41) is 7.68. The standard InChI is InChI=1S/C16H12Cl2N4O/c17-10-14(18)21-22-15(23)12-8-4-5-9-13(12)20-16(22)19-11-6-2-1-3-7-11/h1-9H,10H2,(H,19,20)/b21-14-. The van der Waals surface area contributed by atoms with E-state index in [1.807, 2.05) is 36.4 Å². The highest BCUT2D eigenvalue weighted by atomic mass is 35.5. The number of aromatic nitrogens is 2. The van der Waals surface area contributed by atoms with Gasteiger partial charge in [-0.15, -0.1) is 11.6 Å². The molecule has 0 spiro atoms. The largest absolute Gasteiger partial charge is 0.324 e. The maximum absolute atomic E-state index is 12.7. The van der Waals surface area contributed by atoms with E-state index >= 15 is 0 Å². The van der Waals surface area contributed by atoms with E-state index in [0.717, 1.165) is 10.4 Å². The second-order valence-corrected chi connectivity index (χ2v) is 5.37. The molecule has 23 heavy (non-hydrogen) atoms. The van der Waals surface area contributed by atoms with Gasteiger partial charge in [-0.25, -0.2) is 4.98 Å². The smallest absolute Gasteiger partial charge is 0.283 e. The number of hydrogen-bond donors (Lipinski definition) is 1. The topological polar surface area (TPSA) is 59.3 Å². The van der Waals surface area contributed by atoms with Gasteiger partial charge in [0.2, 0.25) is 5.95 Å². The van der Waals surface area contributed by atoms with E-state index in [-0.39, 0.29) is 22.6 Å². The van der Waals surface area contributed by atoms with Crippen LogP contribution in [0.25, 0.3) is 10.9 Å². The highest BCUT2D eigenvalue weighted by Gasteiger charge is 2.11. The molecule has 1 N–H and O–H groups in total. The molecule has 1 heterocycles. The van der Waals surface area contributed by atoms with E-state index in [1.165, 1.54) is 0 Å². The zero-order valence-electron chi connectivity index (χ0n) is 11.9. The third-order valence-electron chi connectivity index (χ3n) is 3.10. The Hall–Kier alpha value is -2.37. The van der Waals surface area contributed by atoms with Crippen molar-refractivity contribution in [3.05, 3.63) is 65.0 Å². The summed E-state index contributed by atoms with van der Waals surface area (Å²) >= 11 is 11.6. The highest BCUT2D eigenvalue weighted by Crippen LogP contribution is 2.16. The summed E-state index contributed by atoms with van der Waals surface area (Å²) < 4.78 is 1.13. The number of hydrogen-bond acceptors (Lipinski definition) is 4. The maximum atomic E-state index is 12.7. The van der Waals surface area contributed by atoms with Gasteiger partial charge in [-0.2, -0.15) is 9.78 Å². The number of anilines is 2. The third-order valence-corrected chi connectivity index (χ3v) is 3.70. The Morgan fingerprint density at radius 1 is 1.13 bits per heavy atom. The second-order valence-electron chi connectivity index (χ2n) is 4.67. The molecule has 1 aromatic heterocycles. The molecule has 0 aliphatic heterocycles. The normalized spacial score (nSPS) is 11.7. The summed E-state index contributed by atoms with van der Waals surface area (Å²) in [7, 11) is 0. The van der Waals surface area contributed by atoms with E-state index in [4.69, 9.17) is 23.2 Å². The van der Waals surface area contributed by atoms with Crippen LogP contribution >= 0.6 is 23.2 Å². The number of para-hydroxylation sites is 2. The quantitative estimate of drug-likeness (QED) is 0.577. The van der Waals surface area contributed by atoms with Crippen molar-refractivity contribution in [1.82, 2.24) is 9.66 Å². The van der Waals surface area contributed by atoms with Crippen molar-refractivity contribution in [3.63, 3.8) is 0 Å². The molecular weight excluding hydrogens is 335 g/mol. The monoisotopic (exact) mass is 346 g/mol. The number of nitrogens with one attached hydrogen (secondary N) is 1. The zero-order chi connectivity index (χ0) is 16.2. The van der Waals surface area contributed by atoms with Crippen LogP contribution in [0, 0.1) is 0 Å². The highest BCUT2D eigenvalue weighted by molar-refractivity contribution is 6.69. The first kappa shape index (κ1) is 15.5. The number of benzene rings is 2. The van der Waals surface area contributed by atoms with Gasteiger partial charge in [0.25, 0.3) is 5.56 Å². The van der Waals surface area contributed by atoms with Crippen molar-refractivity contribution >= 4 is 50.9 Å². The van der Waals surface area contributed by atoms with Gasteiger partial charge in [0, 0.05) is 5.69 Å². The predicted molar refractivity (Wildman–Crippen MR) is 95.1 cm³/mol. The summed E-state index contributed by atoms with van der Waals surface area (Å²) in [4.78, 5) is 17.1.